The van der Waals surface area contributed by atoms with Gasteiger partial charge in [-0.05, 0) is 44.7 Å². The van der Waals surface area contributed by atoms with Crippen molar-refractivity contribution in [2.24, 2.45) is 21.5 Å². The summed E-state index contributed by atoms with van der Waals surface area (Å²) >= 11 is 0. The van der Waals surface area contributed by atoms with E-state index in [1.54, 1.807) is 19.1 Å². The highest BCUT2D eigenvalue weighted by Crippen LogP contribution is 2.42. The van der Waals surface area contributed by atoms with Crippen LogP contribution in [0, 0.1) is 0 Å². The molecule has 2 aliphatic rings. The molecule has 1 fully saturated rings. The molecule has 7 nitrogen and oxygen atoms in total. The number of halogens is 2. The lowest BCUT2D eigenvalue weighted by molar-refractivity contribution is -0.0514. The topological polar surface area (TPSA) is 98.5 Å². The van der Waals surface area contributed by atoms with Gasteiger partial charge in [0, 0.05) is 6.07 Å². The van der Waals surface area contributed by atoms with Crippen LogP contribution in [-0.4, -0.2) is 30.8 Å². The molecule has 1 saturated carbocycles. The van der Waals surface area contributed by atoms with Crippen LogP contribution in [0.3, 0.4) is 0 Å². The lowest BCUT2D eigenvalue weighted by atomic mass is 9.87. The zero-order valence-corrected chi connectivity index (χ0v) is 14.6. The van der Waals surface area contributed by atoms with Gasteiger partial charge in [-0.1, -0.05) is 6.42 Å². The molecule has 4 N–H and O–H groups in total. The van der Waals surface area contributed by atoms with Crippen molar-refractivity contribution >= 4 is 17.6 Å². The van der Waals surface area contributed by atoms with E-state index >= 15 is 0 Å². The number of rotatable bonds is 5. The molecule has 1 aliphatic heterocycles. The molecule has 1 aromatic rings. The summed E-state index contributed by atoms with van der Waals surface area (Å²) in [6.07, 6.45) is 4.66. The molecule has 1 aliphatic carbocycles. The summed E-state index contributed by atoms with van der Waals surface area (Å²) in [6, 6.07) is 4.71. The van der Waals surface area contributed by atoms with Gasteiger partial charge in [0.2, 0.25) is 11.9 Å². The number of benzene rings is 1. The minimum absolute atomic E-state index is 0.0289. The first-order valence-electron chi connectivity index (χ1n) is 8.66. The van der Waals surface area contributed by atoms with Gasteiger partial charge in [0.05, 0.1) is 12.3 Å². The Balaban J connectivity index is 2.02. The van der Waals surface area contributed by atoms with Crippen molar-refractivity contribution in [3.63, 3.8) is 0 Å². The Morgan fingerprint density at radius 2 is 1.92 bits per heavy atom. The van der Waals surface area contributed by atoms with Crippen LogP contribution in [0.2, 0.25) is 0 Å². The highest BCUT2D eigenvalue weighted by Gasteiger charge is 2.42. The zero-order chi connectivity index (χ0) is 18.7. The van der Waals surface area contributed by atoms with Crippen molar-refractivity contribution in [1.29, 1.82) is 0 Å². The molecule has 3 rings (SSSR count). The van der Waals surface area contributed by atoms with Gasteiger partial charge in [0.15, 0.2) is 11.5 Å². The van der Waals surface area contributed by atoms with E-state index in [1.165, 1.54) is 6.07 Å². The average Bonchev–Trinajstić information content (AvgIpc) is 2.57. The molecule has 142 valence electrons. The van der Waals surface area contributed by atoms with Crippen molar-refractivity contribution in [1.82, 2.24) is 0 Å². The zero-order valence-electron chi connectivity index (χ0n) is 14.6. The standard InChI is InChI=1S/C17H23F2N5O2/c1-2-25-13-10-11(6-7-12(13)26-14(18)19)24-16(21)22-15(20)23-17(24)8-4-3-5-9-17/h6-7,10,14H,2-5,8-9H2,1H3,(H4,20,21,22,23). The number of guanidine groups is 2. The van der Waals surface area contributed by atoms with Crippen LogP contribution < -0.4 is 25.8 Å². The van der Waals surface area contributed by atoms with Gasteiger partial charge in [-0.15, -0.1) is 0 Å². The highest BCUT2D eigenvalue weighted by molar-refractivity contribution is 6.05. The Kier molecular flexibility index (Phi) is 5.15. The first-order chi connectivity index (χ1) is 12.4. The first kappa shape index (κ1) is 18.2. The van der Waals surface area contributed by atoms with Gasteiger partial charge in [-0.2, -0.15) is 13.8 Å². The molecule has 9 heteroatoms. The number of aliphatic imine (C=N–C) groups is 2. The predicted molar refractivity (Wildman–Crippen MR) is 95.8 cm³/mol. The summed E-state index contributed by atoms with van der Waals surface area (Å²) in [5.41, 5.74) is 12.1. The molecule has 0 radical (unpaired) electrons. The van der Waals surface area contributed by atoms with Gasteiger partial charge in [0.25, 0.3) is 0 Å². The minimum Gasteiger partial charge on any atom is -0.490 e. The molecular formula is C17H23F2N5O2. The molecular weight excluding hydrogens is 344 g/mol. The van der Waals surface area contributed by atoms with Crippen molar-refractivity contribution in [2.45, 2.75) is 51.3 Å². The fourth-order valence-electron chi connectivity index (χ4n) is 3.59. The maximum Gasteiger partial charge on any atom is 0.387 e. The predicted octanol–water partition coefficient (Wildman–Crippen LogP) is 2.80. The van der Waals surface area contributed by atoms with Gasteiger partial charge in [-0.25, -0.2) is 4.99 Å². The largest absolute Gasteiger partial charge is 0.490 e. The summed E-state index contributed by atoms with van der Waals surface area (Å²) in [5, 5.41) is 0. The lowest BCUT2D eigenvalue weighted by Crippen LogP contribution is -2.58. The number of hydrogen-bond acceptors (Lipinski definition) is 7. The van der Waals surface area contributed by atoms with E-state index in [4.69, 9.17) is 16.2 Å². The van der Waals surface area contributed by atoms with Crippen LogP contribution in [0.5, 0.6) is 11.5 Å². The normalized spacial score (nSPS) is 19.3. The van der Waals surface area contributed by atoms with E-state index in [2.05, 4.69) is 14.7 Å². The third-order valence-electron chi connectivity index (χ3n) is 4.55. The maximum atomic E-state index is 12.6. The molecule has 0 atom stereocenters. The quantitative estimate of drug-likeness (QED) is 0.834. The minimum atomic E-state index is -2.93. The second kappa shape index (κ2) is 7.35. The molecule has 1 spiro atoms. The fourth-order valence-corrected chi connectivity index (χ4v) is 3.59. The van der Waals surface area contributed by atoms with Crippen LogP contribution in [0.1, 0.15) is 39.0 Å². The second-order valence-corrected chi connectivity index (χ2v) is 6.26. The smallest absolute Gasteiger partial charge is 0.387 e. The summed E-state index contributed by atoms with van der Waals surface area (Å²) in [5.74, 6) is 0.568. The van der Waals surface area contributed by atoms with E-state index in [1.807, 2.05) is 4.90 Å². The number of alkyl halides is 2. The molecule has 1 aromatic carbocycles. The van der Waals surface area contributed by atoms with Gasteiger partial charge >= 0.3 is 6.61 Å². The lowest BCUT2D eigenvalue weighted by Gasteiger charge is -2.45. The number of nitrogens with two attached hydrogens (primary N) is 2. The Bertz CT molecular complexity index is 717. The number of hydrogen-bond donors (Lipinski definition) is 2. The monoisotopic (exact) mass is 367 g/mol. The Morgan fingerprint density at radius 3 is 2.58 bits per heavy atom. The third kappa shape index (κ3) is 3.51. The first-order valence-corrected chi connectivity index (χ1v) is 8.66. The van der Waals surface area contributed by atoms with E-state index < -0.39 is 12.3 Å². The van der Waals surface area contributed by atoms with Crippen molar-refractivity contribution in [3.8, 4) is 11.5 Å². The van der Waals surface area contributed by atoms with Crippen LogP contribution in [-0.2, 0) is 0 Å². The van der Waals surface area contributed by atoms with E-state index in [0.717, 1.165) is 32.1 Å². The van der Waals surface area contributed by atoms with E-state index in [-0.39, 0.29) is 23.4 Å². The van der Waals surface area contributed by atoms with Crippen molar-refractivity contribution < 1.29 is 18.3 Å². The second-order valence-electron chi connectivity index (χ2n) is 6.26. The van der Waals surface area contributed by atoms with Crippen LogP contribution in [0.25, 0.3) is 0 Å². The molecule has 0 saturated heterocycles. The van der Waals surface area contributed by atoms with Gasteiger partial charge in [-0.3, -0.25) is 4.90 Å². The Morgan fingerprint density at radius 1 is 1.19 bits per heavy atom. The highest BCUT2D eigenvalue weighted by atomic mass is 19.3. The number of ether oxygens (including phenoxy) is 2. The van der Waals surface area contributed by atoms with Gasteiger partial charge in [0.1, 0.15) is 5.66 Å². The van der Waals surface area contributed by atoms with Crippen molar-refractivity contribution in [3.05, 3.63) is 18.2 Å². The van der Waals surface area contributed by atoms with E-state index in [9.17, 15) is 8.78 Å². The third-order valence-corrected chi connectivity index (χ3v) is 4.55. The molecule has 0 unspecified atom stereocenters. The summed E-state index contributed by atoms with van der Waals surface area (Å²) < 4.78 is 35.3. The fraction of sp³-hybridized carbons (Fsp3) is 0.529. The molecule has 1 heterocycles. The van der Waals surface area contributed by atoms with Crippen LogP contribution >= 0.6 is 0 Å². The molecule has 0 amide bonds. The molecule has 26 heavy (non-hydrogen) atoms. The summed E-state index contributed by atoms with van der Waals surface area (Å²) in [6.45, 7) is -0.859. The SMILES string of the molecule is CCOc1cc(N2C(N)=NC(N)=NC23CCCCC3)ccc1OC(F)F. The maximum absolute atomic E-state index is 12.6. The summed E-state index contributed by atoms with van der Waals surface area (Å²) in [4.78, 5) is 10.5. The van der Waals surface area contributed by atoms with E-state index in [0.29, 0.717) is 12.3 Å². The number of nitrogens with zero attached hydrogens (tertiary/aromatic N) is 3. The molecule has 0 aromatic heterocycles. The molecule has 0 bridgehead atoms. The summed E-state index contributed by atoms with van der Waals surface area (Å²) in [7, 11) is 0. The average molecular weight is 367 g/mol. The van der Waals surface area contributed by atoms with Gasteiger partial charge < -0.3 is 20.9 Å². The van der Waals surface area contributed by atoms with Crippen LogP contribution in [0.4, 0.5) is 14.5 Å². The Hall–Kier alpha value is -2.58. The van der Waals surface area contributed by atoms with Crippen LogP contribution in [0.15, 0.2) is 28.2 Å². The Labute approximate surface area is 150 Å². The number of anilines is 1. The van der Waals surface area contributed by atoms with Crippen molar-refractivity contribution in [2.75, 3.05) is 11.5 Å².